The van der Waals surface area contributed by atoms with E-state index in [9.17, 15) is 0 Å². The molecule has 0 radical (unpaired) electrons. The molecule has 0 aromatic carbocycles. The van der Waals surface area contributed by atoms with Crippen molar-refractivity contribution in [1.29, 1.82) is 0 Å². The van der Waals surface area contributed by atoms with Gasteiger partial charge in [-0.3, -0.25) is 0 Å². The summed E-state index contributed by atoms with van der Waals surface area (Å²) in [7, 11) is 0. The van der Waals surface area contributed by atoms with Gasteiger partial charge in [-0.25, -0.2) is 4.98 Å². The SMILES string of the molecule is CCNc1ncc(Cl)c(NCCOCC2CC2)n1. The lowest BCUT2D eigenvalue weighted by Crippen LogP contribution is -2.13. The maximum absolute atomic E-state index is 6.01. The summed E-state index contributed by atoms with van der Waals surface area (Å²) in [6, 6.07) is 0. The standard InChI is InChI=1S/C12H19ClN4O/c1-2-14-12-16-7-10(13)11(17-12)15-5-6-18-8-9-3-4-9/h7,9H,2-6,8H2,1H3,(H2,14,15,16,17). The highest BCUT2D eigenvalue weighted by Crippen LogP contribution is 2.28. The highest BCUT2D eigenvalue weighted by molar-refractivity contribution is 6.32. The van der Waals surface area contributed by atoms with E-state index < -0.39 is 0 Å². The molecule has 0 bridgehead atoms. The molecule has 5 nitrogen and oxygen atoms in total. The molecule has 0 saturated heterocycles. The molecule has 1 heterocycles. The molecule has 2 rings (SSSR count). The van der Waals surface area contributed by atoms with E-state index in [1.54, 1.807) is 6.20 Å². The van der Waals surface area contributed by atoms with E-state index in [0.717, 1.165) is 19.1 Å². The molecular weight excluding hydrogens is 252 g/mol. The number of nitrogens with zero attached hydrogens (tertiary/aromatic N) is 2. The highest BCUT2D eigenvalue weighted by Gasteiger charge is 2.20. The van der Waals surface area contributed by atoms with E-state index >= 15 is 0 Å². The van der Waals surface area contributed by atoms with Crippen molar-refractivity contribution in [1.82, 2.24) is 9.97 Å². The summed E-state index contributed by atoms with van der Waals surface area (Å²) in [6.07, 6.45) is 4.23. The van der Waals surface area contributed by atoms with E-state index in [2.05, 4.69) is 20.6 Å². The van der Waals surface area contributed by atoms with Crippen LogP contribution >= 0.6 is 11.6 Å². The molecule has 1 aromatic rings. The Morgan fingerprint density at radius 1 is 1.44 bits per heavy atom. The van der Waals surface area contributed by atoms with Crippen molar-refractivity contribution < 1.29 is 4.74 Å². The van der Waals surface area contributed by atoms with Crippen molar-refractivity contribution in [3.05, 3.63) is 11.2 Å². The molecule has 6 heteroatoms. The molecule has 0 unspecified atom stereocenters. The molecule has 1 saturated carbocycles. The summed E-state index contributed by atoms with van der Waals surface area (Å²) in [5.41, 5.74) is 0. The Balaban J connectivity index is 1.73. The van der Waals surface area contributed by atoms with Crippen molar-refractivity contribution >= 4 is 23.4 Å². The zero-order valence-corrected chi connectivity index (χ0v) is 11.3. The first-order valence-corrected chi connectivity index (χ1v) is 6.75. The van der Waals surface area contributed by atoms with Gasteiger partial charge in [0.1, 0.15) is 5.02 Å². The lowest BCUT2D eigenvalue weighted by atomic mass is 10.5. The molecule has 1 aliphatic rings. The number of anilines is 2. The van der Waals surface area contributed by atoms with E-state index in [-0.39, 0.29) is 0 Å². The van der Waals surface area contributed by atoms with E-state index in [0.29, 0.717) is 29.9 Å². The normalized spacial score (nSPS) is 14.6. The third kappa shape index (κ3) is 4.31. The fourth-order valence-corrected chi connectivity index (χ4v) is 1.67. The Morgan fingerprint density at radius 3 is 3.00 bits per heavy atom. The second kappa shape index (κ2) is 6.75. The van der Waals surface area contributed by atoms with Crippen LogP contribution in [-0.4, -0.2) is 36.3 Å². The average Bonchev–Trinajstić information content (AvgIpc) is 3.17. The van der Waals surface area contributed by atoms with Crippen LogP contribution < -0.4 is 10.6 Å². The van der Waals surface area contributed by atoms with Gasteiger partial charge in [0.15, 0.2) is 5.82 Å². The molecular formula is C12H19ClN4O. The Labute approximate surface area is 112 Å². The van der Waals surface area contributed by atoms with Crippen LogP contribution in [0.4, 0.5) is 11.8 Å². The minimum atomic E-state index is 0.527. The quantitative estimate of drug-likeness (QED) is 0.711. The summed E-state index contributed by atoms with van der Waals surface area (Å²) in [6.45, 7) is 5.03. The minimum absolute atomic E-state index is 0.527. The summed E-state index contributed by atoms with van der Waals surface area (Å²) in [5.74, 6) is 2.04. The van der Waals surface area contributed by atoms with Crippen molar-refractivity contribution in [2.24, 2.45) is 5.92 Å². The van der Waals surface area contributed by atoms with Gasteiger partial charge in [0.05, 0.1) is 12.8 Å². The predicted molar refractivity (Wildman–Crippen MR) is 73.2 cm³/mol. The van der Waals surface area contributed by atoms with Crippen LogP contribution in [-0.2, 0) is 4.74 Å². The van der Waals surface area contributed by atoms with E-state index in [4.69, 9.17) is 16.3 Å². The van der Waals surface area contributed by atoms with E-state index in [1.165, 1.54) is 12.8 Å². The van der Waals surface area contributed by atoms with Gasteiger partial charge in [-0.05, 0) is 25.7 Å². The maximum Gasteiger partial charge on any atom is 0.224 e. The maximum atomic E-state index is 6.01. The Hall–Kier alpha value is -1.07. The van der Waals surface area contributed by atoms with E-state index in [1.807, 2.05) is 6.92 Å². The molecule has 100 valence electrons. The fourth-order valence-electron chi connectivity index (χ4n) is 1.51. The lowest BCUT2D eigenvalue weighted by Gasteiger charge is -2.09. The number of aromatic nitrogens is 2. The Kier molecular flexibility index (Phi) is 5.01. The van der Waals surface area contributed by atoms with Gasteiger partial charge < -0.3 is 15.4 Å². The Bertz CT molecular complexity index is 384. The van der Waals surface area contributed by atoms with Gasteiger partial charge in [-0.2, -0.15) is 4.98 Å². The number of rotatable bonds is 8. The number of ether oxygens (including phenoxy) is 1. The molecule has 1 fully saturated rings. The van der Waals surface area contributed by atoms with Gasteiger partial charge in [0.25, 0.3) is 0 Å². The van der Waals surface area contributed by atoms with Crippen molar-refractivity contribution in [3.63, 3.8) is 0 Å². The number of hydrogen-bond donors (Lipinski definition) is 2. The summed E-state index contributed by atoms with van der Waals surface area (Å²) < 4.78 is 5.53. The Morgan fingerprint density at radius 2 is 2.28 bits per heavy atom. The zero-order valence-electron chi connectivity index (χ0n) is 10.6. The molecule has 0 atom stereocenters. The van der Waals surface area contributed by atoms with Crippen molar-refractivity contribution in [2.45, 2.75) is 19.8 Å². The van der Waals surface area contributed by atoms with Crippen molar-refractivity contribution in [2.75, 3.05) is 36.9 Å². The molecule has 0 spiro atoms. The van der Waals surface area contributed by atoms with Gasteiger partial charge in [0, 0.05) is 19.7 Å². The second-order valence-electron chi connectivity index (χ2n) is 4.37. The number of hydrogen-bond acceptors (Lipinski definition) is 5. The second-order valence-corrected chi connectivity index (χ2v) is 4.77. The molecule has 0 aliphatic heterocycles. The van der Waals surface area contributed by atoms with Gasteiger partial charge in [0.2, 0.25) is 5.95 Å². The molecule has 1 aromatic heterocycles. The van der Waals surface area contributed by atoms with Crippen LogP contribution in [0.3, 0.4) is 0 Å². The van der Waals surface area contributed by atoms with Crippen LogP contribution in [0.2, 0.25) is 5.02 Å². The first kappa shape index (κ1) is 13.4. The van der Waals surface area contributed by atoms with Gasteiger partial charge in [-0.15, -0.1) is 0 Å². The summed E-state index contributed by atoms with van der Waals surface area (Å²) in [5, 5.41) is 6.73. The van der Waals surface area contributed by atoms with Gasteiger partial charge >= 0.3 is 0 Å². The number of halogens is 1. The molecule has 2 N–H and O–H groups in total. The van der Waals surface area contributed by atoms with Crippen LogP contribution in [0.15, 0.2) is 6.20 Å². The minimum Gasteiger partial charge on any atom is -0.379 e. The summed E-state index contributed by atoms with van der Waals surface area (Å²) in [4.78, 5) is 8.37. The van der Waals surface area contributed by atoms with Crippen LogP contribution in [0.1, 0.15) is 19.8 Å². The molecule has 1 aliphatic carbocycles. The van der Waals surface area contributed by atoms with Gasteiger partial charge in [-0.1, -0.05) is 11.6 Å². The smallest absolute Gasteiger partial charge is 0.224 e. The topological polar surface area (TPSA) is 59.1 Å². The summed E-state index contributed by atoms with van der Waals surface area (Å²) >= 11 is 6.01. The highest BCUT2D eigenvalue weighted by atomic mass is 35.5. The molecule has 18 heavy (non-hydrogen) atoms. The van der Waals surface area contributed by atoms with Crippen LogP contribution in [0.5, 0.6) is 0 Å². The first-order chi connectivity index (χ1) is 8.79. The van der Waals surface area contributed by atoms with Crippen LogP contribution in [0, 0.1) is 5.92 Å². The largest absolute Gasteiger partial charge is 0.379 e. The lowest BCUT2D eigenvalue weighted by molar-refractivity contribution is 0.134. The first-order valence-electron chi connectivity index (χ1n) is 6.37. The number of nitrogens with one attached hydrogen (secondary N) is 2. The fraction of sp³-hybridized carbons (Fsp3) is 0.667. The average molecular weight is 271 g/mol. The third-order valence-electron chi connectivity index (χ3n) is 2.67. The monoisotopic (exact) mass is 270 g/mol. The third-order valence-corrected chi connectivity index (χ3v) is 2.94. The zero-order chi connectivity index (χ0) is 12.8. The van der Waals surface area contributed by atoms with Crippen LogP contribution in [0.25, 0.3) is 0 Å². The van der Waals surface area contributed by atoms with Crippen molar-refractivity contribution in [3.8, 4) is 0 Å². The predicted octanol–water partition coefficient (Wildman–Crippen LogP) is 2.40. The molecule has 0 amide bonds.